The molecule has 0 radical (unpaired) electrons. The topological polar surface area (TPSA) is 323 Å². The first-order chi connectivity index (χ1) is 42.1. The number of aliphatic hydroxyl groups is 2. The monoisotopic (exact) mass is 1260 g/mol. The van der Waals surface area contributed by atoms with Gasteiger partial charge in [-0.25, -0.2) is 28.5 Å². The Morgan fingerprint density at radius 2 is 0.795 bits per heavy atom. The van der Waals surface area contributed by atoms with Crippen LogP contribution in [0, 0.1) is 0 Å². The second-order valence-electron chi connectivity index (χ2n) is 24.9. The summed E-state index contributed by atoms with van der Waals surface area (Å²) in [5, 5.41) is 27.9. The molecule has 21 nitrogen and oxygen atoms in total. The number of amides is 6. The maximum Gasteiger partial charge on any atom is 0.333 e. The van der Waals surface area contributed by atoms with Crippen LogP contribution >= 0.6 is 0 Å². The lowest BCUT2D eigenvalue weighted by atomic mass is 9.85. The van der Waals surface area contributed by atoms with Gasteiger partial charge in [0.1, 0.15) is 17.3 Å². The average molecular weight is 1260 g/mol. The predicted octanol–water partition coefficient (Wildman–Crippen LogP) is 9.73. The fraction of sp³-hybridized carbons (Fsp3) is 0.469. The lowest BCUT2D eigenvalue weighted by Gasteiger charge is -2.26. The molecule has 6 amide bonds. The molecule has 3 heterocycles. The number of hydrogen-bond acceptors (Lipinski definition) is 15. The van der Waals surface area contributed by atoms with E-state index >= 15 is 0 Å². The van der Waals surface area contributed by atoms with E-state index in [1.54, 1.807) is 6.92 Å². The van der Waals surface area contributed by atoms with Crippen molar-refractivity contribution >= 4 is 71.0 Å². The van der Waals surface area contributed by atoms with Gasteiger partial charge in [0.15, 0.2) is 5.78 Å². The van der Waals surface area contributed by atoms with Crippen LogP contribution in [0.2, 0.25) is 0 Å². The third-order valence-electron chi connectivity index (χ3n) is 19.0. The van der Waals surface area contributed by atoms with E-state index in [2.05, 4.69) is 43.6 Å². The van der Waals surface area contributed by atoms with E-state index in [4.69, 9.17) is 13.3 Å². The normalized spacial score (nSPS) is 20.0. The fourth-order valence-corrected chi connectivity index (χ4v) is 17.5. The standard InChI is InChI=1S/C22H26N2O5S.C21H24N2O5S.C21H22N2O5S/c1-22(26)10-4-9-18-17(22)12-19(29-18)30(27,28)24-21(25)23-20-15-7-2-5-13(15)11-14-6-3-8-16(14)20;2*24-17-8-3-9-18-16(17)11-19(28-18)29(26,27)23-21(25)22-20-14-6-1-4-12(14)10-13-5-2-7-15(13)20/h11-12,26H,2-10H2,1H3,(H2,23,24,25);10-11,17,24H,1-9H2,(H2,22,23,25);10-11H,1-9H2,(H2,22,23,25). The van der Waals surface area contributed by atoms with Gasteiger partial charge >= 0.3 is 18.1 Å². The number of aliphatic hydroxyl groups excluding tert-OH is 1. The number of carbonyl (C=O) groups excluding carboxylic acids is 4. The van der Waals surface area contributed by atoms with Crippen molar-refractivity contribution in [2.75, 3.05) is 16.0 Å². The molecule has 9 aliphatic carbocycles. The molecule has 8 N–H and O–H groups in total. The van der Waals surface area contributed by atoms with Crippen LogP contribution < -0.4 is 30.1 Å². The minimum atomic E-state index is -4.21. The SMILES string of the molecule is CC1(O)CCCc2oc(S(=O)(=O)NC(=O)Nc3c4c(cc5c3CCC5)CCC4)cc21.O=C(Nc1c2c(cc3c1CCC3)CCC2)NS(=O)(=O)c1cc2c(o1)CCCC2=O.O=C(Nc1c2c(cc3c1CCC3)CCC2)NS(=O)(=O)c1cc2c(o1)CCCC2O. The number of ketones is 1. The van der Waals surface area contributed by atoms with Crippen molar-refractivity contribution < 1.29 is 67.9 Å². The van der Waals surface area contributed by atoms with Gasteiger partial charge in [0.05, 0.1) is 17.3 Å². The summed E-state index contributed by atoms with van der Waals surface area (Å²) in [5.74, 6) is 1.19. The number of nitrogens with one attached hydrogen (secondary N) is 6. The molecule has 24 heteroatoms. The number of hydrogen-bond donors (Lipinski definition) is 8. The molecule has 0 fully saturated rings. The first-order valence-electron chi connectivity index (χ1n) is 30.9. The molecule has 3 aromatic heterocycles. The van der Waals surface area contributed by atoms with Crippen LogP contribution in [-0.2, 0) is 132 Å². The van der Waals surface area contributed by atoms with Crippen molar-refractivity contribution in [3.05, 3.63) is 137 Å². The molecule has 3 aromatic carbocycles. The van der Waals surface area contributed by atoms with Crippen LogP contribution in [0.25, 0.3) is 0 Å². The predicted molar refractivity (Wildman–Crippen MR) is 323 cm³/mol. The minimum absolute atomic E-state index is 0.128. The molecular weight excluding hydrogens is 1190 g/mol. The molecule has 2 atom stereocenters. The van der Waals surface area contributed by atoms with Crippen molar-refractivity contribution in [3.8, 4) is 0 Å². The molecule has 0 spiro atoms. The number of urea groups is 3. The van der Waals surface area contributed by atoms with Gasteiger partial charge in [0, 0.05) is 72.1 Å². The molecule has 0 saturated carbocycles. The van der Waals surface area contributed by atoms with Crippen LogP contribution in [0.3, 0.4) is 0 Å². The number of carbonyl (C=O) groups is 4. The molecule has 88 heavy (non-hydrogen) atoms. The number of Topliss-reactive ketones (excluding diaryl/α,β-unsaturated/α-hetero) is 1. The van der Waals surface area contributed by atoms with Gasteiger partial charge in [-0.05, 0) is 221 Å². The molecular formula is C64H72N6O15S3. The summed E-state index contributed by atoms with van der Waals surface area (Å²) in [5.41, 5.74) is 16.8. The maximum absolute atomic E-state index is 12.8. The van der Waals surface area contributed by atoms with Crippen LogP contribution in [0.1, 0.15) is 196 Å². The zero-order valence-corrected chi connectivity index (χ0v) is 51.5. The highest BCUT2D eigenvalue weighted by molar-refractivity contribution is 7.90. The quantitative estimate of drug-likeness (QED) is 0.0668. The van der Waals surface area contributed by atoms with Crippen LogP contribution in [0.5, 0.6) is 0 Å². The molecule has 0 saturated heterocycles. The Kier molecular flexibility index (Phi) is 15.8. The number of sulfonamides is 3. The van der Waals surface area contributed by atoms with Gasteiger partial charge in [-0.3, -0.25) is 4.79 Å². The lowest BCUT2D eigenvalue weighted by Crippen LogP contribution is -2.34. The Hall–Kier alpha value is -7.25. The third-order valence-corrected chi connectivity index (χ3v) is 22.6. The molecule has 466 valence electrons. The summed E-state index contributed by atoms with van der Waals surface area (Å²) in [6.45, 7) is 1.65. The van der Waals surface area contributed by atoms with Gasteiger partial charge in [0.2, 0.25) is 15.3 Å². The molecule has 9 aliphatic rings. The summed E-state index contributed by atoms with van der Waals surface area (Å²) in [7, 11) is -12.6. The van der Waals surface area contributed by atoms with Crippen LogP contribution in [-0.4, -0.2) is 59.3 Å². The Morgan fingerprint density at radius 3 is 1.19 bits per heavy atom. The summed E-state index contributed by atoms with van der Waals surface area (Å²) < 4.78 is 98.8. The highest BCUT2D eigenvalue weighted by Crippen LogP contribution is 2.43. The van der Waals surface area contributed by atoms with Crippen molar-refractivity contribution in [1.29, 1.82) is 0 Å². The van der Waals surface area contributed by atoms with Gasteiger partial charge in [0.25, 0.3) is 30.1 Å². The smallest absolute Gasteiger partial charge is 0.333 e. The summed E-state index contributed by atoms with van der Waals surface area (Å²) >= 11 is 0. The minimum Gasteiger partial charge on any atom is -0.447 e. The van der Waals surface area contributed by atoms with Gasteiger partial charge in [-0.1, -0.05) is 18.2 Å². The number of furan rings is 3. The van der Waals surface area contributed by atoms with E-state index in [-0.39, 0.29) is 16.0 Å². The Bertz CT molecular complexity index is 4150. The zero-order valence-electron chi connectivity index (χ0n) is 49.1. The number of fused-ring (bicyclic) bond motifs is 9. The van der Waals surface area contributed by atoms with E-state index in [0.29, 0.717) is 85.3 Å². The van der Waals surface area contributed by atoms with Crippen molar-refractivity contribution in [2.24, 2.45) is 0 Å². The second kappa shape index (κ2) is 23.3. The van der Waals surface area contributed by atoms with E-state index in [1.807, 2.05) is 4.72 Å². The van der Waals surface area contributed by atoms with E-state index in [0.717, 1.165) is 172 Å². The zero-order chi connectivity index (χ0) is 61.4. The van der Waals surface area contributed by atoms with Gasteiger partial charge in [-0.15, -0.1) is 0 Å². The van der Waals surface area contributed by atoms with E-state index in [9.17, 15) is 54.6 Å². The lowest BCUT2D eigenvalue weighted by molar-refractivity contribution is 0.0362. The molecule has 0 bridgehead atoms. The van der Waals surface area contributed by atoms with Gasteiger partial charge < -0.3 is 39.4 Å². The number of rotatable bonds is 9. The first kappa shape index (κ1) is 59.7. The molecule has 0 aliphatic heterocycles. The van der Waals surface area contributed by atoms with E-state index in [1.165, 1.54) is 51.6 Å². The summed E-state index contributed by atoms with van der Waals surface area (Å²) in [6, 6.07) is 8.26. The number of anilines is 3. The second-order valence-corrected chi connectivity index (χ2v) is 29.8. The summed E-state index contributed by atoms with van der Waals surface area (Å²) in [4.78, 5) is 49.8. The maximum atomic E-state index is 12.8. The summed E-state index contributed by atoms with van der Waals surface area (Å²) in [6.07, 6.45) is 22.1. The Morgan fingerprint density at radius 1 is 0.443 bits per heavy atom. The number of benzene rings is 3. The highest BCUT2D eigenvalue weighted by Gasteiger charge is 2.38. The third kappa shape index (κ3) is 11.6. The van der Waals surface area contributed by atoms with Crippen molar-refractivity contribution in [3.63, 3.8) is 0 Å². The van der Waals surface area contributed by atoms with Crippen LogP contribution in [0.15, 0.2) is 64.9 Å². The average Bonchev–Trinajstić information content (AvgIpc) is 2.20. The Balaban J connectivity index is 0.000000122. The van der Waals surface area contributed by atoms with Crippen molar-refractivity contribution in [2.45, 2.75) is 207 Å². The molecule has 15 rings (SSSR count). The molecule has 6 aromatic rings. The molecule has 2 unspecified atom stereocenters. The fourth-order valence-electron chi connectivity index (χ4n) is 14.9. The van der Waals surface area contributed by atoms with E-state index < -0.39 is 65.0 Å². The largest absolute Gasteiger partial charge is 0.447 e. The highest BCUT2D eigenvalue weighted by atomic mass is 32.2. The van der Waals surface area contributed by atoms with Crippen LogP contribution in [0.4, 0.5) is 31.4 Å². The number of aryl methyl sites for hydroxylation is 9. The first-order valence-corrected chi connectivity index (χ1v) is 35.4. The van der Waals surface area contributed by atoms with Gasteiger partial charge in [-0.2, -0.15) is 25.3 Å². The van der Waals surface area contributed by atoms with Crippen molar-refractivity contribution in [1.82, 2.24) is 14.2 Å². The Labute approximate surface area is 510 Å².